The Balaban J connectivity index is 1.35. The molecule has 5 rings (SSSR count). The lowest BCUT2D eigenvalue weighted by atomic mass is 9.42. The Bertz CT molecular complexity index is 1100. The molecule has 0 amide bonds. The van der Waals surface area contributed by atoms with E-state index >= 15 is 0 Å². The summed E-state index contributed by atoms with van der Waals surface area (Å²) in [6, 6.07) is 0. The Hall–Kier alpha value is -0.670. The van der Waals surface area contributed by atoms with Gasteiger partial charge in [0.1, 0.15) is 0 Å². The van der Waals surface area contributed by atoms with Crippen LogP contribution in [0.5, 0.6) is 0 Å². The zero-order chi connectivity index (χ0) is 32.6. The molecule has 0 spiro atoms. The zero-order valence-corrected chi connectivity index (χ0v) is 31.1. The van der Waals surface area contributed by atoms with E-state index in [1.807, 2.05) is 0 Å². The van der Waals surface area contributed by atoms with Crippen LogP contribution in [0.2, 0.25) is 0 Å². The third-order valence-electron chi connectivity index (χ3n) is 15.9. The standard InChI is InChI=1S/C41H70O3/c1-14-34-27(4)26(3)28(5)36(44-34)43-29-16-20-39(11)30-17-21-41(13)35(38(9,10)25(2)15-19-37(6,7)8)18-22-40(41,12)31(30)24-33(42)32(39)23-29/h24-30,32,34-36H,14-23H2,1-13H3/t25-,26?,27?,28?,29+,30?,32+,34?,35-,36?,39-,40+,41-/m1/s1. The van der Waals surface area contributed by atoms with Crippen LogP contribution >= 0.6 is 0 Å². The number of fused-ring (bicyclic) bond motifs is 5. The van der Waals surface area contributed by atoms with Crippen molar-refractivity contribution < 1.29 is 14.3 Å². The quantitative estimate of drug-likeness (QED) is 0.288. The fraction of sp³-hybridized carbons (Fsp3) is 0.927. The first-order valence-electron chi connectivity index (χ1n) is 18.9. The maximum Gasteiger partial charge on any atom is 0.161 e. The van der Waals surface area contributed by atoms with Crippen LogP contribution in [-0.2, 0) is 14.3 Å². The SMILES string of the molecule is CCC1OC(O[C@H]2CC[C@]3(C)C4CC[C@]5(C)[C@@H](C(C)(C)[C@H](C)CCC(C)(C)C)CC[C@@]5(C)C4=CC(=O)[C@@H]3C2)C(C)C(C)C1C. The van der Waals surface area contributed by atoms with E-state index in [1.54, 1.807) is 0 Å². The van der Waals surface area contributed by atoms with E-state index in [-0.39, 0.29) is 46.1 Å². The minimum absolute atomic E-state index is 0.0474. The molecule has 3 heteroatoms. The highest BCUT2D eigenvalue weighted by Crippen LogP contribution is 2.73. The summed E-state index contributed by atoms with van der Waals surface area (Å²) in [6.45, 7) is 31.7. The van der Waals surface area contributed by atoms with Crippen LogP contribution in [0.4, 0.5) is 0 Å². The Morgan fingerprint density at radius 2 is 1.61 bits per heavy atom. The molecule has 0 aromatic carbocycles. The van der Waals surface area contributed by atoms with Gasteiger partial charge < -0.3 is 9.47 Å². The number of ketones is 1. The van der Waals surface area contributed by atoms with Gasteiger partial charge in [-0.05, 0) is 127 Å². The number of ether oxygens (including phenoxy) is 2. The lowest BCUT2D eigenvalue weighted by Crippen LogP contribution is -2.57. The molecular formula is C41H70O3. The van der Waals surface area contributed by atoms with Crippen molar-refractivity contribution in [1.82, 2.24) is 0 Å². The molecular weight excluding hydrogens is 540 g/mol. The largest absolute Gasteiger partial charge is 0.349 e. The average molecular weight is 611 g/mol. The molecule has 6 unspecified atom stereocenters. The number of allylic oxidation sites excluding steroid dienone is 2. The van der Waals surface area contributed by atoms with Gasteiger partial charge in [0.25, 0.3) is 0 Å². The van der Waals surface area contributed by atoms with E-state index in [1.165, 1.54) is 44.1 Å². The van der Waals surface area contributed by atoms with Crippen molar-refractivity contribution in [3.63, 3.8) is 0 Å². The molecule has 0 N–H and O–H groups in total. The van der Waals surface area contributed by atoms with Gasteiger partial charge in [0.15, 0.2) is 12.1 Å². The molecule has 3 nitrogen and oxygen atoms in total. The fourth-order valence-corrected chi connectivity index (χ4v) is 11.7. The number of carbonyl (C=O) groups is 1. The summed E-state index contributed by atoms with van der Waals surface area (Å²) in [5, 5.41) is 0. The van der Waals surface area contributed by atoms with Crippen LogP contribution in [0, 0.1) is 68.5 Å². The van der Waals surface area contributed by atoms with E-state index in [0.717, 1.165) is 25.7 Å². The second-order valence-electron chi connectivity index (χ2n) is 19.4. The number of hydrogen-bond acceptors (Lipinski definition) is 3. The van der Waals surface area contributed by atoms with E-state index in [0.29, 0.717) is 46.7 Å². The van der Waals surface area contributed by atoms with E-state index in [9.17, 15) is 4.79 Å². The summed E-state index contributed by atoms with van der Waals surface area (Å²) in [4.78, 5) is 14.2. The molecule has 0 aromatic rings. The number of hydrogen-bond donors (Lipinski definition) is 0. The first kappa shape index (κ1) is 34.7. The predicted molar refractivity (Wildman–Crippen MR) is 183 cm³/mol. The Kier molecular flexibility index (Phi) is 9.28. The van der Waals surface area contributed by atoms with Crippen molar-refractivity contribution >= 4 is 5.78 Å². The van der Waals surface area contributed by atoms with Crippen LogP contribution in [-0.4, -0.2) is 24.3 Å². The van der Waals surface area contributed by atoms with Gasteiger partial charge in [0, 0.05) is 11.8 Å². The van der Waals surface area contributed by atoms with Crippen molar-refractivity contribution in [2.24, 2.45) is 68.5 Å². The van der Waals surface area contributed by atoms with Crippen molar-refractivity contribution in [2.45, 2.75) is 173 Å². The van der Waals surface area contributed by atoms with E-state index in [4.69, 9.17) is 9.47 Å². The molecule has 0 aromatic heterocycles. The molecule has 1 saturated heterocycles. The molecule has 252 valence electrons. The van der Waals surface area contributed by atoms with Gasteiger partial charge in [-0.3, -0.25) is 4.79 Å². The number of rotatable bonds is 7. The Morgan fingerprint density at radius 3 is 2.25 bits per heavy atom. The normalized spacial score (nSPS) is 47.0. The van der Waals surface area contributed by atoms with Crippen LogP contribution in [0.3, 0.4) is 0 Å². The Labute approximate surface area is 272 Å². The highest BCUT2D eigenvalue weighted by molar-refractivity contribution is 5.94. The zero-order valence-electron chi connectivity index (χ0n) is 31.1. The lowest BCUT2D eigenvalue weighted by Gasteiger charge is -2.62. The van der Waals surface area contributed by atoms with E-state index in [2.05, 4.69) is 96.1 Å². The first-order valence-corrected chi connectivity index (χ1v) is 18.9. The van der Waals surface area contributed by atoms with Gasteiger partial charge in [-0.25, -0.2) is 0 Å². The van der Waals surface area contributed by atoms with Crippen molar-refractivity contribution in [3.8, 4) is 0 Å². The monoisotopic (exact) mass is 611 g/mol. The summed E-state index contributed by atoms with van der Waals surface area (Å²) >= 11 is 0. The van der Waals surface area contributed by atoms with E-state index < -0.39 is 0 Å². The molecule has 4 aliphatic carbocycles. The fourth-order valence-electron chi connectivity index (χ4n) is 11.7. The molecule has 13 atom stereocenters. The third kappa shape index (κ3) is 5.52. The maximum absolute atomic E-state index is 14.2. The molecule has 44 heavy (non-hydrogen) atoms. The van der Waals surface area contributed by atoms with Gasteiger partial charge in [0.05, 0.1) is 12.2 Å². The molecule has 4 fully saturated rings. The summed E-state index contributed by atoms with van der Waals surface area (Å²) in [7, 11) is 0. The first-order chi connectivity index (χ1) is 20.3. The second-order valence-corrected chi connectivity index (χ2v) is 19.4. The summed E-state index contributed by atoms with van der Waals surface area (Å²) in [5.41, 5.74) is 2.62. The maximum atomic E-state index is 14.2. The van der Waals surface area contributed by atoms with Crippen molar-refractivity contribution in [1.29, 1.82) is 0 Å². The molecule has 0 radical (unpaired) electrons. The van der Waals surface area contributed by atoms with Crippen molar-refractivity contribution in [2.75, 3.05) is 0 Å². The van der Waals surface area contributed by atoms with Crippen LogP contribution < -0.4 is 0 Å². The third-order valence-corrected chi connectivity index (χ3v) is 15.9. The van der Waals surface area contributed by atoms with Crippen LogP contribution in [0.1, 0.15) is 154 Å². The average Bonchev–Trinajstić information content (AvgIpc) is 3.24. The number of carbonyl (C=O) groups excluding carboxylic acids is 1. The van der Waals surface area contributed by atoms with Crippen LogP contribution in [0.15, 0.2) is 11.6 Å². The summed E-state index contributed by atoms with van der Waals surface area (Å²) in [5.74, 6) is 3.89. The molecule has 1 heterocycles. The smallest absolute Gasteiger partial charge is 0.161 e. The van der Waals surface area contributed by atoms with Gasteiger partial charge in [0.2, 0.25) is 0 Å². The van der Waals surface area contributed by atoms with Crippen molar-refractivity contribution in [3.05, 3.63) is 11.6 Å². The molecule has 3 saturated carbocycles. The second kappa shape index (κ2) is 11.8. The van der Waals surface area contributed by atoms with Gasteiger partial charge in [-0.15, -0.1) is 0 Å². The molecule has 5 aliphatic rings. The summed E-state index contributed by atoms with van der Waals surface area (Å²) < 4.78 is 13.3. The lowest BCUT2D eigenvalue weighted by molar-refractivity contribution is -0.271. The topological polar surface area (TPSA) is 35.5 Å². The minimum Gasteiger partial charge on any atom is -0.349 e. The van der Waals surface area contributed by atoms with Gasteiger partial charge in [-0.2, -0.15) is 0 Å². The predicted octanol–water partition coefficient (Wildman–Crippen LogP) is 11.1. The Morgan fingerprint density at radius 1 is 0.932 bits per heavy atom. The highest BCUT2D eigenvalue weighted by atomic mass is 16.7. The van der Waals surface area contributed by atoms with Crippen LogP contribution in [0.25, 0.3) is 0 Å². The molecule has 1 aliphatic heterocycles. The minimum atomic E-state index is -0.149. The highest BCUT2D eigenvalue weighted by Gasteiger charge is 2.66. The molecule has 0 bridgehead atoms. The van der Waals surface area contributed by atoms with Gasteiger partial charge >= 0.3 is 0 Å². The summed E-state index contributed by atoms with van der Waals surface area (Å²) in [6.07, 6.45) is 14.1. The van der Waals surface area contributed by atoms with Gasteiger partial charge in [-0.1, -0.05) is 95.6 Å².